The highest BCUT2D eigenvalue weighted by Gasteiger charge is 2.22. The maximum Gasteiger partial charge on any atom is 0.129 e. The van der Waals surface area contributed by atoms with Crippen LogP contribution in [0.2, 0.25) is 0 Å². The van der Waals surface area contributed by atoms with E-state index in [2.05, 4.69) is 50.0 Å². The molecule has 1 aromatic rings. The molecule has 2 unspecified atom stereocenters. The zero-order valence-corrected chi connectivity index (χ0v) is 12.7. The Balaban J connectivity index is 2.16. The van der Waals surface area contributed by atoms with Gasteiger partial charge in [-0.15, -0.1) is 0 Å². The Labute approximate surface area is 117 Å². The molecule has 1 aliphatic rings. The molecule has 0 bridgehead atoms. The number of aryl methyl sites for hydroxylation is 1. The highest BCUT2D eigenvalue weighted by Crippen LogP contribution is 2.25. The van der Waals surface area contributed by atoms with E-state index in [0.29, 0.717) is 0 Å². The van der Waals surface area contributed by atoms with Gasteiger partial charge in [0, 0.05) is 25.3 Å². The number of nitrogens with zero attached hydrogens (tertiary/aromatic N) is 2. The summed E-state index contributed by atoms with van der Waals surface area (Å²) in [5.41, 5.74) is 2.46. The lowest BCUT2D eigenvalue weighted by atomic mass is 9.92. The Hall–Kier alpha value is -1.09. The lowest BCUT2D eigenvalue weighted by Gasteiger charge is -2.36. The average Bonchev–Trinajstić information content (AvgIpc) is 2.34. The van der Waals surface area contributed by atoms with Crippen molar-refractivity contribution < 1.29 is 0 Å². The maximum absolute atomic E-state index is 4.73. The number of anilines is 1. The van der Waals surface area contributed by atoms with Gasteiger partial charge in [0.25, 0.3) is 0 Å². The summed E-state index contributed by atoms with van der Waals surface area (Å²) >= 11 is 0. The van der Waals surface area contributed by atoms with Crippen molar-refractivity contribution in [2.75, 3.05) is 24.5 Å². The van der Waals surface area contributed by atoms with Crippen LogP contribution in [0.1, 0.15) is 38.4 Å². The minimum atomic E-state index is 0.767. The second-order valence-electron chi connectivity index (χ2n) is 6.11. The topological polar surface area (TPSA) is 28.2 Å². The molecule has 3 heteroatoms. The number of pyridine rings is 1. The van der Waals surface area contributed by atoms with Crippen LogP contribution in [0.25, 0.3) is 0 Å². The minimum absolute atomic E-state index is 0.767. The monoisotopic (exact) mass is 261 g/mol. The van der Waals surface area contributed by atoms with E-state index in [1.165, 1.54) is 12.0 Å². The van der Waals surface area contributed by atoms with E-state index in [1.54, 1.807) is 0 Å². The van der Waals surface area contributed by atoms with Gasteiger partial charge in [0.05, 0.1) is 0 Å². The SMILES string of the molecule is CCNCc1cc(C)nc(N2CC(C)CC(C)C2)c1. The number of hydrogen-bond acceptors (Lipinski definition) is 3. The normalized spacial score (nSPS) is 23.7. The summed E-state index contributed by atoms with van der Waals surface area (Å²) in [6.45, 7) is 13.2. The molecule has 1 aromatic heterocycles. The van der Waals surface area contributed by atoms with Crippen LogP contribution in [-0.2, 0) is 6.54 Å². The molecule has 106 valence electrons. The van der Waals surface area contributed by atoms with Crippen LogP contribution >= 0.6 is 0 Å². The van der Waals surface area contributed by atoms with Crippen LogP contribution in [0.4, 0.5) is 5.82 Å². The van der Waals surface area contributed by atoms with Crippen molar-refractivity contribution in [1.29, 1.82) is 0 Å². The smallest absolute Gasteiger partial charge is 0.129 e. The molecule has 1 saturated heterocycles. The van der Waals surface area contributed by atoms with Gasteiger partial charge < -0.3 is 10.2 Å². The molecule has 2 heterocycles. The first kappa shape index (κ1) is 14.3. The Kier molecular flexibility index (Phi) is 4.81. The fourth-order valence-electron chi connectivity index (χ4n) is 3.10. The van der Waals surface area contributed by atoms with Crippen LogP contribution in [0.3, 0.4) is 0 Å². The van der Waals surface area contributed by atoms with Crippen molar-refractivity contribution in [3.63, 3.8) is 0 Å². The Morgan fingerprint density at radius 2 is 1.95 bits per heavy atom. The van der Waals surface area contributed by atoms with E-state index in [1.807, 2.05) is 0 Å². The van der Waals surface area contributed by atoms with Crippen LogP contribution < -0.4 is 10.2 Å². The Morgan fingerprint density at radius 3 is 2.58 bits per heavy atom. The van der Waals surface area contributed by atoms with Crippen molar-refractivity contribution in [3.8, 4) is 0 Å². The highest BCUT2D eigenvalue weighted by atomic mass is 15.2. The fraction of sp³-hybridized carbons (Fsp3) is 0.688. The first-order valence-electron chi connectivity index (χ1n) is 7.51. The zero-order valence-electron chi connectivity index (χ0n) is 12.7. The first-order chi connectivity index (χ1) is 9.08. The summed E-state index contributed by atoms with van der Waals surface area (Å²) in [6, 6.07) is 4.43. The molecule has 2 atom stereocenters. The van der Waals surface area contributed by atoms with Crippen molar-refractivity contribution >= 4 is 5.82 Å². The van der Waals surface area contributed by atoms with Crippen molar-refractivity contribution in [3.05, 3.63) is 23.4 Å². The second-order valence-corrected chi connectivity index (χ2v) is 6.11. The quantitative estimate of drug-likeness (QED) is 0.903. The van der Waals surface area contributed by atoms with Gasteiger partial charge in [0.15, 0.2) is 0 Å². The predicted molar refractivity (Wildman–Crippen MR) is 81.5 cm³/mol. The van der Waals surface area contributed by atoms with Crippen molar-refractivity contribution in [2.45, 2.75) is 40.7 Å². The number of aromatic nitrogens is 1. The zero-order chi connectivity index (χ0) is 13.8. The summed E-state index contributed by atoms with van der Waals surface area (Å²) in [4.78, 5) is 7.19. The maximum atomic E-state index is 4.73. The van der Waals surface area contributed by atoms with Gasteiger partial charge in [-0.3, -0.25) is 0 Å². The van der Waals surface area contributed by atoms with Crippen LogP contribution in [0.15, 0.2) is 12.1 Å². The molecule has 0 aromatic carbocycles. The summed E-state index contributed by atoms with van der Waals surface area (Å²) in [6.07, 6.45) is 1.34. The number of hydrogen-bond donors (Lipinski definition) is 1. The molecule has 2 rings (SSSR count). The van der Waals surface area contributed by atoms with E-state index in [-0.39, 0.29) is 0 Å². The molecular formula is C16H27N3. The van der Waals surface area contributed by atoms with Crippen LogP contribution in [0.5, 0.6) is 0 Å². The van der Waals surface area contributed by atoms with E-state index in [9.17, 15) is 0 Å². The van der Waals surface area contributed by atoms with E-state index in [4.69, 9.17) is 4.98 Å². The third-order valence-electron chi connectivity index (χ3n) is 3.77. The third kappa shape index (κ3) is 3.93. The van der Waals surface area contributed by atoms with Gasteiger partial charge in [0.1, 0.15) is 5.82 Å². The summed E-state index contributed by atoms with van der Waals surface area (Å²) in [7, 11) is 0. The van der Waals surface area contributed by atoms with E-state index in [0.717, 1.165) is 49.5 Å². The first-order valence-corrected chi connectivity index (χ1v) is 7.51. The molecule has 3 nitrogen and oxygen atoms in total. The molecular weight excluding hydrogens is 234 g/mol. The second kappa shape index (κ2) is 6.38. The van der Waals surface area contributed by atoms with Gasteiger partial charge >= 0.3 is 0 Å². The standard InChI is InChI=1S/C16H27N3/c1-5-17-9-15-7-14(4)18-16(8-15)19-10-12(2)6-13(3)11-19/h7-8,12-13,17H,5-6,9-11H2,1-4H3. The van der Waals surface area contributed by atoms with Gasteiger partial charge in [-0.1, -0.05) is 20.8 Å². The molecule has 1 fully saturated rings. The van der Waals surface area contributed by atoms with Gasteiger partial charge in [-0.05, 0) is 49.4 Å². The summed E-state index contributed by atoms with van der Waals surface area (Å²) in [5, 5.41) is 3.39. The molecule has 0 radical (unpaired) electrons. The minimum Gasteiger partial charge on any atom is -0.356 e. The average molecular weight is 261 g/mol. The molecule has 0 aliphatic carbocycles. The van der Waals surface area contributed by atoms with Gasteiger partial charge in [-0.25, -0.2) is 4.98 Å². The van der Waals surface area contributed by atoms with Gasteiger partial charge in [-0.2, -0.15) is 0 Å². The summed E-state index contributed by atoms with van der Waals surface area (Å²) in [5.74, 6) is 2.69. The predicted octanol–water partition coefficient (Wildman–Crippen LogP) is 2.98. The molecule has 1 aliphatic heterocycles. The third-order valence-corrected chi connectivity index (χ3v) is 3.77. The fourth-order valence-corrected chi connectivity index (χ4v) is 3.10. The number of rotatable bonds is 4. The Morgan fingerprint density at radius 1 is 1.26 bits per heavy atom. The number of piperidine rings is 1. The van der Waals surface area contributed by atoms with Crippen molar-refractivity contribution in [2.24, 2.45) is 11.8 Å². The molecule has 1 N–H and O–H groups in total. The molecule has 19 heavy (non-hydrogen) atoms. The van der Waals surface area contributed by atoms with Crippen LogP contribution in [-0.4, -0.2) is 24.6 Å². The molecule has 0 amide bonds. The van der Waals surface area contributed by atoms with Gasteiger partial charge in [0.2, 0.25) is 0 Å². The van der Waals surface area contributed by atoms with E-state index < -0.39 is 0 Å². The molecule has 0 saturated carbocycles. The lowest BCUT2D eigenvalue weighted by Crippen LogP contribution is -2.39. The Bertz CT molecular complexity index is 406. The highest BCUT2D eigenvalue weighted by molar-refractivity contribution is 5.43. The summed E-state index contributed by atoms with van der Waals surface area (Å²) < 4.78 is 0. The van der Waals surface area contributed by atoms with Crippen molar-refractivity contribution in [1.82, 2.24) is 10.3 Å². The lowest BCUT2D eigenvalue weighted by molar-refractivity contribution is 0.355. The van der Waals surface area contributed by atoms with E-state index >= 15 is 0 Å². The molecule has 0 spiro atoms. The number of nitrogens with one attached hydrogen (secondary N) is 1. The van der Waals surface area contributed by atoms with Crippen LogP contribution in [0, 0.1) is 18.8 Å². The largest absolute Gasteiger partial charge is 0.356 e.